The van der Waals surface area contributed by atoms with E-state index in [-0.39, 0.29) is 30.9 Å². The number of rotatable bonds is 3. The summed E-state index contributed by atoms with van der Waals surface area (Å²) in [5.74, 6) is -0.253. The summed E-state index contributed by atoms with van der Waals surface area (Å²) in [5.41, 5.74) is 0.983. The minimum absolute atomic E-state index is 0.00866. The van der Waals surface area contributed by atoms with Gasteiger partial charge in [-0.3, -0.25) is 14.4 Å². The molecule has 0 spiro atoms. The number of benzene rings is 1. The Morgan fingerprint density at radius 2 is 1.72 bits per heavy atom. The second-order valence-corrected chi connectivity index (χ2v) is 6.37. The van der Waals surface area contributed by atoms with E-state index in [9.17, 15) is 14.4 Å². The van der Waals surface area contributed by atoms with Gasteiger partial charge >= 0.3 is 0 Å². The lowest BCUT2D eigenvalue weighted by Gasteiger charge is -2.40. The molecule has 0 radical (unpaired) electrons. The molecular formula is C18H23N3O4. The van der Waals surface area contributed by atoms with Gasteiger partial charge in [0.15, 0.2) is 0 Å². The highest BCUT2D eigenvalue weighted by Gasteiger charge is 2.37. The Kier molecular flexibility index (Phi) is 5.33. The summed E-state index contributed by atoms with van der Waals surface area (Å²) >= 11 is 0. The summed E-state index contributed by atoms with van der Waals surface area (Å²) in [6, 6.07) is 9.02. The number of ether oxygens (including phenoxy) is 1. The van der Waals surface area contributed by atoms with Gasteiger partial charge in [-0.15, -0.1) is 0 Å². The normalized spacial score (nSPS) is 21.4. The summed E-state index contributed by atoms with van der Waals surface area (Å²) < 4.78 is 5.33. The quantitative estimate of drug-likeness (QED) is 0.779. The van der Waals surface area contributed by atoms with Crippen molar-refractivity contribution in [3.63, 3.8) is 0 Å². The van der Waals surface area contributed by atoms with Crippen molar-refractivity contribution in [2.24, 2.45) is 0 Å². The Bertz CT molecular complexity index is 641. The maximum absolute atomic E-state index is 12.9. The van der Waals surface area contributed by atoms with Crippen LogP contribution in [0.25, 0.3) is 0 Å². The van der Waals surface area contributed by atoms with E-state index in [1.165, 1.54) is 6.92 Å². The molecule has 3 rings (SSSR count). The molecule has 0 bridgehead atoms. The molecule has 2 fully saturated rings. The first-order valence-corrected chi connectivity index (χ1v) is 8.51. The summed E-state index contributed by atoms with van der Waals surface area (Å²) in [7, 11) is 0. The molecule has 7 heteroatoms. The van der Waals surface area contributed by atoms with Crippen LogP contribution in [0.15, 0.2) is 30.3 Å². The van der Waals surface area contributed by atoms with Gasteiger partial charge in [0.05, 0.1) is 6.61 Å². The summed E-state index contributed by atoms with van der Waals surface area (Å²) in [6.45, 7) is 4.19. The van der Waals surface area contributed by atoms with E-state index in [0.29, 0.717) is 32.7 Å². The number of amides is 3. The highest BCUT2D eigenvalue weighted by atomic mass is 16.5. The number of piperazine rings is 1. The number of carbonyl (C=O) groups excluding carboxylic acids is 3. The number of morpholine rings is 1. The van der Waals surface area contributed by atoms with Gasteiger partial charge in [0.25, 0.3) is 0 Å². The molecule has 1 atom stereocenters. The molecule has 3 amide bonds. The van der Waals surface area contributed by atoms with Crippen LogP contribution in [0.3, 0.4) is 0 Å². The number of carbonyl (C=O) groups is 3. The van der Waals surface area contributed by atoms with Crippen LogP contribution in [0, 0.1) is 0 Å². The fourth-order valence-electron chi connectivity index (χ4n) is 3.24. The molecule has 1 aromatic rings. The molecule has 1 unspecified atom stereocenters. The Morgan fingerprint density at radius 3 is 2.36 bits per heavy atom. The van der Waals surface area contributed by atoms with Crippen LogP contribution >= 0.6 is 0 Å². The first-order valence-electron chi connectivity index (χ1n) is 8.51. The van der Waals surface area contributed by atoms with Crippen molar-refractivity contribution < 1.29 is 19.1 Å². The molecule has 0 saturated carbocycles. The number of hydrogen-bond donors (Lipinski definition) is 0. The fraction of sp³-hybridized carbons (Fsp3) is 0.500. The minimum Gasteiger partial charge on any atom is -0.369 e. The van der Waals surface area contributed by atoms with Crippen LogP contribution in [-0.4, -0.2) is 77.9 Å². The lowest BCUT2D eigenvalue weighted by molar-refractivity contribution is -0.161. The van der Waals surface area contributed by atoms with Crippen molar-refractivity contribution in [2.45, 2.75) is 19.5 Å². The van der Waals surface area contributed by atoms with Crippen LogP contribution in [0.2, 0.25) is 0 Å². The highest BCUT2D eigenvalue weighted by Crippen LogP contribution is 2.17. The summed E-state index contributed by atoms with van der Waals surface area (Å²) in [5, 5.41) is 0. The Morgan fingerprint density at radius 1 is 1.08 bits per heavy atom. The van der Waals surface area contributed by atoms with E-state index in [0.717, 1.165) is 5.56 Å². The largest absolute Gasteiger partial charge is 0.369 e. The molecule has 0 N–H and O–H groups in total. The van der Waals surface area contributed by atoms with Gasteiger partial charge in [-0.05, 0) is 5.56 Å². The van der Waals surface area contributed by atoms with Gasteiger partial charge in [0, 0.05) is 39.6 Å². The van der Waals surface area contributed by atoms with Crippen LogP contribution in [-0.2, 0) is 25.7 Å². The van der Waals surface area contributed by atoms with Crippen LogP contribution in [0.1, 0.15) is 12.5 Å². The monoisotopic (exact) mass is 345 g/mol. The van der Waals surface area contributed by atoms with Gasteiger partial charge < -0.3 is 19.4 Å². The molecule has 7 nitrogen and oxygen atoms in total. The first kappa shape index (κ1) is 17.4. The molecule has 134 valence electrons. The molecule has 0 aliphatic carbocycles. The smallest absolute Gasteiger partial charge is 0.249 e. The Hall–Kier alpha value is -2.41. The van der Waals surface area contributed by atoms with Crippen LogP contribution in [0.4, 0.5) is 0 Å². The van der Waals surface area contributed by atoms with Gasteiger partial charge in [-0.2, -0.15) is 0 Å². The zero-order chi connectivity index (χ0) is 17.8. The van der Waals surface area contributed by atoms with Crippen molar-refractivity contribution in [1.29, 1.82) is 0 Å². The third-order valence-electron chi connectivity index (χ3n) is 4.72. The summed E-state index contributed by atoms with van der Waals surface area (Å²) in [4.78, 5) is 41.7. The predicted molar refractivity (Wildman–Crippen MR) is 90.4 cm³/mol. The lowest BCUT2D eigenvalue weighted by Crippen LogP contribution is -2.59. The maximum Gasteiger partial charge on any atom is 0.249 e. The molecule has 2 aliphatic rings. The molecule has 1 aromatic carbocycles. The average Bonchev–Trinajstić information content (AvgIpc) is 2.64. The van der Waals surface area contributed by atoms with Crippen molar-refractivity contribution >= 4 is 17.7 Å². The molecule has 2 heterocycles. The van der Waals surface area contributed by atoms with Crippen molar-refractivity contribution in [3.05, 3.63) is 35.9 Å². The van der Waals surface area contributed by atoms with Gasteiger partial charge in [0.2, 0.25) is 17.7 Å². The van der Waals surface area contributed by atoms with Crippen molar-refractivity contribution in [1.82, 2.24) is 14.7 Å². The number of hydrogen-bond acceptors (Lipinski definition) is 4. The van der Waals surface area contributed by atoms with Crippen molar-refractivity contribution in [3.8, 4) is 0 Å². The first-order chi connectivity index (χ1) is 12.1. The van der Waals surface area contributed by atoms with E-state index >= 15 is 0 Å². The minimum atomic E-state index is -0.606. The second-order valence-electron chi connectivity index (χ2n) is 6.37. The van der Waals surface area contributed by atoms with Crippen LogP contribution in [0.5, 0.6) is 0 Å². The highest BCUT2D eigenvalue weighted by molar-refractivity contribution is 5.89. The maximum atomic E-state index is 12.9. The molecule has 0 aromatic heterocycles. The third-order valence-corrected chi connectivity index (χ3v) is 4.72. The van der Waals surface area contributed by atoms with E-state index in [2.05, 4.69) is 0 Å². The van der Waals surface area contributed by atoms with E-state index in [1.807, 2.05) is 30.3 Å². The molecular weight excluding hydrogens is 322 g/mol. The zero-order valence-corrected chi connectivity index (χ0v) is 14.4. The van der Waals surface area contributed by atoms with Crippen LogP contribution < -0.4 is 0 Å². The van der Waals surface area contributed by atoms with E-state index in [4.69, 9.17) is 4.74 Å². The van der Waals surface area contributed by atoms with Gasteiger partial charge in [-0.25, -0.2) is 0 Å². The third kappa shape index (κ3) is 3.99. The topological polar surface area (TPSA) is 70.2 Å². The molecule has 2 saturated heterocycles. The van der Waals surface area contributed by atoms with E-state index < -0.39 is 6.04 Å². The Balaban J connectivity index is 1.69. The molecule has 2 aliphatic heterocycles. The van der Waals surface area contributed by atoms with E-state index in [1.54, 1.807) is 14.7 Å². The van der Waals surface area contributed by atoms with Gasteiger partial charge in [0.1, 0.15) is 12.6 Å². The standard InChI is InChI=1S/C18H23N3O4/c1-14(22)19-7-9-20(10-8-19)18(24)16-12-25-13-17(23)21(16)11-15-5-3-2-4-6-15/h2-6,16H,7-13H2,1H3. The molecule has 25 heavy (non-hydrogen) atoms. The lowest BCUT2D eigenvalue weighted by atomic mass is 10.1. The number of nitrogens with zero attached hydrogens (tertiary/aromatic N) is 3. The van der Waals surface area contributed by atoms with Gasteiger partial charge in [-0.1, -0.05) is 30.3 Å². The van der Waals surface area contributed by atoms with Crippen molar-refractivity contribution in [2.75, 3.05) is 39.4 Å². The SMILES string of the molecule is CC(=O)N1CCN(C(=O)C2COCC(=O)N2Cc2ccccc2)CC1. The second kappa shape index (κ2) is 7.65. The average molecular weight is 345 g/mol. The summed E-state index contributed by atoms with van der Waals surface area (Å²) in [6.07, 6.45) is 0. The predicted octanol–water partition coefficient (Wildman–Crippen LogP) is 0.105. The Labute approximate surface area is 147 Å². The zero-order valence-electron chi connectivity index (χ0n) is 14.4. The fourth-order valence-corrected chi connectivity index (χ4v) is 3.24.